The van der Waals surface area contributed by atoms with Crippen molar-refractivity contribution in [3.05, 3.63) is 48.2 Å². The third kappa shape index (κ3) is 7.81. The molecule has 0 heterocycles. The number of alkyl carbamates (subject to hydrolysis) is 1. The third-order valence-electron chi connectivity index (χ3n) is 2.71. The van der Waals surface area contributed by atoms with Crippen molar-refractivity contribution in [2.45, 2.75) is 58.7 Å². The monoisotopic (exact) mass is 333 g/mol. The largest absolute Gasteiger partial charge is 0.459 e. The lowest BCUT2D eigenvalue weighted by Gasteiger charge is -2.23. The number of hydrogen-bond donors (Lipinski definition) is 1. The first-order valence-electron chi connectivity index (χ1n) is 7.92. The van der Waals surface area contributed by atoms with E-state index in [-0.39, 0.29) is 5.97 Å². The fraction of sp³-hybridized carbons (Fsp3) is 0.474. The maximum Gasteiger partial charge on any atom is 0.411 e. The zero-order valence-corrected chi connectivity index (χ0v) is 15.3. The molecule has 1 atom stereocenters. The number of benzene rings is 1. The predicted molar refractivity (Wildman–Crippen MR) is 93.5 cm³/mol. The van der Waals surface area contributed by atoms with E-state index in [0.29, 0.717) is 0 Å². The molecular weight excluding hydrogens is 306 g/mol. The quantitative estimate of drug-likeness (QED) is 0.841. The van der Waals surface area contributed by atoms with Gasteiger partial charge in [-0.1, -0.05) is 30.3 Å². The summed E-state index contributed by atoms with van der Waals surface area (Å²) in [7, 11) is 0. The molecule has 0 saturated carbocycles. The maximum atomic E-state index is 12.4. The van der Waals surface area contributed by atoms with Crippen molar-refractivity contribution in [1.82, 2.24) is 5.32 Å². The van der Waals surface area contributed by atoms with Crippen molar-refractivity contribution in [3.63, 3.8) is 0 Å². The van der Waals surface area contributed by atoms with Crippen LogP contribution in [0.5, 0.6) is 0 Å². The van der Waals surface area contributed by atoms with Crippen LogP contribution in [-0.4, -0.2) is 23.3 Å². The minimum absolute atomic E-state index is 0.379. The molecule has 1 aromatic rings. The van der Waals surface area contributed by atoms with E-state index in [2.05, 4.69) is 5.32 Å². The molecule has 1 N–H and O–H groups in total. The number of carbonyl (C=O) groups is 2. The molecule has 0 aliphatic rings. The molecule has 1 unspecified atom stereocenters. The number of hydrogen-bond acceptors (Lipinski definition) is 4. The molecule has 1 amide bonds. The summed E-state index contributed by atoms with van der Waals surface area (Å²) in [5, 5.41) is 2.51. The van der Waals surface area contributed by atoms with E-state index in [9.17, 15) is 9.59 Å². The average molecular weight is 333 g/mol. The van der Waals surface area contributed by atoms with Gasteiger partial charge < -0.3 is 9.47 Å². The Morgan fingerprint density at radius 1 is 0.958 bits per heavy atom. The smallest absolute Gasteiger partial charge is 0.411 e. The molecule has 0 aliphatic carbocycles. The summed E-state index contributed by atoms with van der Waals surface area (Å²) in [4.78, 5) is 24.1. The Hall–Kier alpha value is -2.30. The van der Waals surface area contributed by atoms with Crippen molar-refractivity contribution in [2.24, 2.45) is 0 Å². The van der Waals surface area contributed by atoms with E-state index in [1.165, 1.54) is 6.20 Å². The van der Waals surface area contributed by atoms with Gasteiger partial charge in [-0.15, -0.1) is 0 Å². The van der Waals surface area contributed by atoms with Gasteiger partial charge >= 0.3 is 12.1 Å². The molecule has 24 heavy (non-hydrogen) atoms. The molecule has 0 aliphatic heterocycles. The lowest BCUT2D eigenvalue weighted by Crippen LogP contribution is -2.30. The van der Waals surface area contributed by atoms with Crippen molar-refractivity contribution in [3.8, 4) is 0 Å². The zero-order chi connectivity index (χ0) is 18.4. The van der Waals surface area contributed by atoms with Crippen LogP contribution in [-0.2, 0) is 14.3 Å². The summed E-state index contributed by atoms with van der Waals surface area (Å²) in [6.45, 7) is 10.8. The van der Waals surface area contributed by atoms with Crippen LogP contribution in [0.3, 0.4) is 0 Å². The average Bonchev–Trinajstić information content (AvgIpc) is 2.40. The van der Waals surface area contributed by atoms with Gasteiger partial charge in [0.05, 0.1) is 0 Å². The lowest BCUT2D eigenvalue weighted by molar-refractivity contribution is -0.155. The number of amides is 1. The Bertz CT molecular complexity index is 580. The Kier molecular flexibility index (Phi) is 6.58. The molecule has 132 valence electrons. The minimum Gasteiger partial charge on any atom is -0.459 e. The molecule has 5 heteroatoms. The second-order valence-electron chi connectivity index (χ2n) is 7.43. The highest BCUT2D eigenvalue weighted by molar-refractivity contribution is 5.81. The van der Waals surface area contributed by atoms with Crippen molar-refractivity contribution in [1.29, 1.82) is 0 Å². The Morgan fingerprint density at radius 2 is 1.50 bits per heavy atom. The van der Waals surface area contributed by atoms with Crippen LogP contribution in [0, 0.1) is 0 Å². The summed E-state index contributed by atoms with van der Waals surface area (Å²) in [5.41, 5.74) is -0.382. The number of nitrogens with one attached hydrogen (secondary N) is 1. The lowest BCUT2D eigenvalue weighted by atomic mass is 9.99. The van der Waals surface area contributed by atoms with Crippen LogP contribution in [0.25, 0.3) is 0 Å². The first-order chi connectivity index (χ1) is 11.0. The number of carbonyl (C=O) groups excluding carboxylic acids is 2. The zero-order valence-electron chi connectivity index (χ0n) is 15.3. The van der Waals surface area contributed by atoms with E-state index < -0.39 is 23.2 Å². The molecule has 0 saturated heterocycles. The summed E-state index contributed by atoms with van der Waals surface area (Å²) in [6.07, 6.45) is 2.43. The highest BCUT2D eigenvalue weighted by Gasteiger charge is 2.24. The van der Waals surface area contributed by atoms with Crippen molar-refractivity contribution >= 4 is 12.1 Å². The van der Waals surface area contributed by atoms with E-state index >= 15 is 0 Å². The summed E-state index contributed by atoms with van der Waals surface area (Å²) in [6, 6.07) is 9.25. The summed E-state index contributed by atoms with van der Waals surface area (Å²) >= 11 is 0. The van der Waals surface area contributed by atoms with Crippen LogP contribution in [0.15, 0.2) is 42.6 Å². The minimum atomic E-state index is -0.611. The summed E-state index contributed by atoms with van der Waals surface area (Å²) < 4.78 is 10.6. The predicted octanol–water partition coefficient (Wildman–Crippen LogP) is 4.15. The Labute approximate surface area is 144 Å². The van der Waals surface area contributed by atoms with E-state index in [0.717, 1.165) is 5.56 Å². The first kappa shape index (κ1) is 19.7. The van der Waals surface area contributed by atoms with Gasteiger partial charge in [0.2, 0.25) is 0 Å². The van der Waals surface area contributed by atoms with Crippen molar-refractivity contribution < 1.29 is 19.1 Å². The normalized spacial score (nSPS) is 13.4. The van der Waals surface area contributed by atoms with Crippen LogP contribution < -0.4 is 5.32 Å². The topological polar surface area (TPSA) is 64.6 Å². The SMILES string of the molecule is CC(C)(C)OC(=O)N/C=C/C(C(=O)OC(C)(C)C)c1ccccc1. The van der Waals surface area contributed by atoms with Gasteiger partial charge in [-0.2, -0.15) is 0 Å². The first-order valence-corrected chi connectivity index (χ1v) is 7.92. The highest BCUT2D eigenvalue weighted by Crippen LogP contribution is 2.22. The van der Waals surface area contributed by atoms with Crippen LogP contribution >= 0.6 is 0 Å². The molecule has 0 radical (unpaired) electrons. The number of rotatable bonds is 4. The fourth-order valence-corrected chi connectivity index (χ4v) is 1.87. The summed E-state index contributed by atoms with van der Waals surface area (Å²) in [5.74, 6) is -0.990. The molecule has 0 aromatic heterocycles. The second kappa shape index (κ2) is 7.99. The molecule has 0 spiro atoms. The molecule has 1 aromatic carbocycles. The molecule has 0 bridgehead atoms. The Balaban J connectivity index is 2.85. The fourth-order valence-electron chi connectivity index (χ4n) is 1.87. The van der Waals surface area contributed by atoms with E-state index in [1.54, 1.807) is 26.8 Å². The molecular formula is C19H27NO4. The van der Waals surface area contributed by atoms with Gasteiger partial charge in [0.15, 0.2) is 0 Å². The van der Waals surface area contributed by atoms with Crippen molar-refractivity contribution in [2.75, 3.05) is 0 Å². The van der Waals surface area contributed by atoms with Crippen LogP contribution in [0.4, 0.5) is 4.79 Å². The van der Waals surface area contributed by atoms with Gasteiger partial charge in [0, 0.05) is 6.20 Å². The van der Waals surface area contributed by atoms with Gasteiger partial charge in [-0.05, 0) is 53.2 Å². The Morgan fingerprint density at radius 3 is 2.00 bits per heavy atom. The van der Waals surface area contributed by atoms with Gasteiger partial charge in [-0.3, -0.25) is 10.1 Å². The molecule has 5 nitrogen and oxygen atoms in total. The maximum absolute atomic E-state index is 12.4. The van der Waals surface area contributed by atoms with Crippen LogP contribution in [0.2, 0.25) is 0 Å². The van der Waals surface area contributed by atoms with E-state index in [4.69, 9.17) is 9.47 Å². The second-order valence-corrected chi connectivity index (χ2v) is 7.43. The number of ether oxygens (including phenoxy) is 2. The van der Waals surface area contributed by atoms with E-state index in [1.807, 2.05) is 51.1 Å². The number of esters is 1. The standard InChI is InChI=1S/C19H27NO4/c1-18(2,3)23-16(21)15(14-10-8-7-9-11-14)12-13-20-17(22)24-19(4,5)6/h7-13,15H,1-6H3,(H,20,22)/b13-12+. The molecule has 1 rings (SSSR count). The highest BCUT2D eigenvalue weighted by atomic mass is 16.6. The third-order valence-corrected chi connectivity index (χ3v) is 2.71. The molecule has 0 fully saturated rings. The van der Waals surface area contributed by atoms with Gasteiger partial charge in [0.25, 0.3) is 0 Å². The van der Waals surface area contributed by atoms with Crippen LogP contribution in [0.1, 0.15) is 53.0 Å². The van der Waals surface area contributed by atoms with Gasteiger partial charge in [-0.25, -0.2) is 4.79 Å². The van der Waals surface area contributed by atoms with Gasteiger partial charge in [0.1, 0.15) is 17.1 Å².